The van der Waals surface area contributed by atoms with E-state index < -0.39 is 0 Å². The molecule has 0 amide bonds. The lowest BCUT2D eigenvalue weighted by Crippen LogP contribution is -2.23. The normalized spacial score (nSPS) is 17.1. The van der Waals surface area contributed by atoms with Gasteiger partial charge in [-0.3, -0.25) is 0 Å². The molecule has 1 heterocycles. The average Bonchev–Trinajstić information content (AvgIpc) is 2.29. The fourth-order valence-electron chi connectivity index (χ4n) is 2.34. The van der Waals surface area contributed by atoms with Gasteiger partial charge >= 0.3 is 0 Å². The number of hydrogen-bond donors (Lipinski definition) is 1. The highest BCUT2D eigenvalue weighted by atomic mass is 79.9. The first kappa shape index (κ1) is 12.9. The number of rotatable bonds is 3. The van der Waals surface area contributed by atoms with Crippen molar-refractivity contribution in [3.63, 3.8) is 0 Å². The molecule has 0 unspecified atom stereocenters. The Kier molecular flexibility index (Phi) is 4.46. The number of aryl methyl sites for hydroxylation is 2. The summed E-state index contributed by atoms with van der Waals surface area (Å²) in [6.45, 7) is 7.16. The number of benzene rings is 1. The summed E-state index contributed by atoms with van der Waals surface area (Å²) in [6, 6.07) is 4.39. The molecule has 3 heteroatoms. The molecule has 1 aliphatic rings. The molecule has 0 atom stereocenters. The second-order valence-electron chi connectivity index (χ2n) is 4.88. The van der Waals surface area contributed by atoms with E-state index in [0.717, 1.165) is 25.7 Å². The molecule has 94 valence electrons. The second kappa shape index (κ2) is 5.87. The monoisotopic (exact) mass is 297 g/mol. The van der Waals surface area contributed by atoms with E-state index in [9.17, 15) is 0 Å². The minimum Gasteiger partial charge on any atom is -0.384 e. The van der Waals surface area contributed by atoms with Gasteiger partial charge in [0.05, 0.1) is 5.69 Å². The summed E-state index contributed by atoms with van der Waals surface area (Å²) in [5.41, 5.74) is 3.84. The summed E-state index contributed by atoms with van der Waals surface area (Å²) in [5, 5.41) is 3.58. The van der Waals surface area contributed by atoms with Gasteiger partial charge in [0.25, 0.3) is 0 Å². The van der Waals surface area contributed by atoms with Gasteiger partial charge in [-0.25, -0.2) is 0 Å². The van der Waals surface area contributed by atoms with E-state index in [0.29, 0.717) is 0 Å². The first-order valence-corrected chi connectivity index (χ1v) is 7.04. The van der Waals surface area contributed by atoms with Crippen LogP contribution in [0.3, 0.4) is 0 Å². The molecule has 0 aliphatic carbocycles. The van der Waals surface area contributed by atoms with E-state index in [1.54, 1.807) is 0 Å². The zero-order valence-corrected chi connectivity index (χ0v) is 12.1. The summed E-state index contributed by atoms with van der Waals surface area (Å²) in [5.74, 6) is 0.747. The van der Waals surface area contributed by atoms with Crippen LogP contribution in [0.5, 0.6) is 0 Å². The van der Waals surface area contributed by atoms with Crippen LogP contribution in [0.25, 0.3) is 0 Å². The SMILES string of the molecule is Cc1cc(C)c(NCC2CCOCC2)c(Br)c1. The van der Waals surface area contributed by atoms with Crippen molar-refractivity contribution in [3.8, 4) is 0 Å². The molecule has 2 nitrogen and oxygen atoms in total. The first-order valence-electron chi connectivity index (χ1n) is 6.25. The van der Waals surface area contributed by atoms with Crippen LogP contribution in [-0.2, 0) is 4.74 Å². The molecule has 0 saturated carbocycles. The minimum atomic E-state index is 0.747. The van der Waals surface area contributed by atoms with E-state index in [1.165, 1.54) is 34.1 Å². The molecule has 0 aromatic heterocycles. The number of anilines is 1. The van der Waals surface area contributed by atoms with Crippen molar-refractivity contribution in [2.45, 2.75) is 26.7 Å². The van der Waals surface area contributed by atoms with E-state index in [1.807, 2.05) is 0 Å². The Bertz CT molecular complexity index is 363. The molecule has 1 aromatic carbocycles. The fraction of sp³-hybridized carbons (Fsp3) is 0.571. The summed E-state index contributed by atoms with van der Waals surface area (Å²) < 4.78 is 6.55. The maximum absolute atomic E-state index is 5.38. The highest BCUT2D eigenvalue weighted by Crippen LogP contribution is 2.28. The van der Waals surface area contributed by atoms with Crippen LogP contribution >= 0.6 is 15.9 Å². The van der Waals surface area contributed by atoms with Gasteiger partial charge in [0, 0.05) is 24.2 Å². The Morgan fingerprint density at radius 3 is 2.65 bits per heavy atom. The van der Waals surface area contributed by atoms with E-state index in [4.69, 9.17) is 4.74 Å². The van der Waals surface area contributed by atoms with Crippen LogP contribution in [0.1, 0.15) is 24.0 Å². The standard InChI is InChI=1S/C14H20BrNO/c1-10-7-11(2)14(13(15)8-10)16-9-12-3-5-17-6-4-12/h7-8,12,16H,3-6,9H2,1-2H3. The van der Waals surface area contributed by atoms with Crippen molar-refractivity contribution in [1.29, 1.82) is 0 Å². The molecule has 1 aliphatic heterocycles. The molecule has 1 aromatic rings. The Balaban J connectivity index is 1.98. The van der Waals surface area contributed by atoms with Crippen LogP contribution in [0.4, 0.5) is 5.69 Å². The van der Waals surface area contributed by atoms with E-state index in [-0.39, 0.29) is 0 Å². The Labute approximate surface area is 112 Å². The molecular formula is C14H20BrNO. The Morgan fingerprint density at radius 1 is 1.29 bits per heavy atom. The molecule has 2 rings (SSSR count). The van der Waals surface area contributed by atoms with Crippen LogP contribution in [0, 0.1) is 19.8 Å². The van der Waals surface area contributed by atoms with Crippen LogP contribution < -0.4 is 5.32 Å². The molecule has 1 N–H and O–H groups in total. The predicted octanol–water partition coefficient (Wildman–Crippen LogP) is 3.90. The molecule has 0 spiro atoms. The number of nitrogens with one attached hydrogen (secondary N) is 1. The van der Waals surface area contributed by atoms with Gasteiger partial charge in [0.2, 0.25) is 0 Å². The minimum absolute atomic E-state index is 0.747. The summed E-state index contributed by atoms with van der Waals surface area (Å²) in [7, 11) is 0. The topological polar surface area (TPSA) is 21.3 Å². The van der Waals surface area contributed by atoms with E-state index >= 15 is 0 Å². The number of ether oxygens (including phenoxy) is 1. The molecular weight excluding hydrogens is 278 g/mol. The van der Waals surface area contributed by atoms with Crippen molar-refractivity contribution < 1.29 is 4.74 Å². The summed E-state index contributed by atoms with van der Waals surface area (Å²) >= 11 is 3.64. The molecule has 17 heavy (non-hydrogen) atoms. The quantitative estimate of drug-likeness (QED) is 0.913. The maximum atomic E-state index is 5.38. The van der Waals surface area contributed by atoms with Crippen molar-refractivity contribution in [2.75, 3.05) is 25.1 Å². The van der Waals surface area contributed by atoms with Crippen LogP contribution in [0.2, 0.25) is 0 Å². The summed E-state index contributed by atoms with van der Waals surface area (Å²) in [4.78, 5) is 0. The third kappa shape index (κ3) is 3.46. The van der Waals surface area contributed by atoms with Crippen molar-refractivity contribution >= 4 is 21.6 Å². The average molecular weight is 298 g/mol. The highest BCUT2D eigenvalue weighted by Gasteiger charge is 2.14. The summed E-state index contributed by atoms with van der Waals surface area (Å²) in [6.07, 6.45) is 2.35. The van der Waals surface area contributed by atoms with Gasteiger partial charge in [0.1, 0.15) is 0 Å². The molecule has 0 radical (unpaired) electrons. The first-order chi connectivity index (χ1) is 8.16. The molecule has 1 fully saturated rings. The van der Waals surface area contributed by atoms with Gasteiger partial charge in [-0.05, 0) is 65.7 Å². The molecule has 0 bridgehead atoms. The van der Waals surface area contributed by atoms with Gasteiger partial charge in [-0.15, -0.1) is 0 Å². The van der Waals surface area contributed by atoms with Gasteiger partial charge in [-0.1, -0.05) is 6.07 Å². The fourth-order valence-corrected chi connectivity index (χ4v) is 3.15. The van der Waals surface area contributed by atoms with Gasteiger partial charge in [0.15, 0.2) is 0 Å². The van der Waals surface area contributed by atoms with Crippen molar-refractivity contribution in [1.82, 2.24) is 0 Å². The van der Waals surface area contributed by atoms with Gasteiger partial charge < -0.3 is 10.1 Å². The van der Waals surface area contributed by atoms with Crippen LogP contribution in [0.15, 0.2) is 16.6 Å². The van der Waals surface area contributed by atoms with Crippen molar-refractivity contribution in [2.24, 2.45) is 5.92 Å². The van der Waals surface area contributed by atoms with Crippen molar-refractivity contribution in [3.05, 3.63) is 27.7 Å². The largest absolute Gasteiger partial charge is 0.384 e. The van der Waals surface area contributed by atoms with Gasteiger partial charge in [-0.2, -0.15) is 0 Å². The smallest absolute Gasteiger partial charge is 0.0514 e. The third-order valence-corrected chi connectivity index (χ3v) is 3.97. The Morgan fingerprint density at radius 2 is 2.00 bits per heavy atom. The van der Waals surface area contributed by atoms with Crippen LogP contribution in [-0.4, -0.2) is 19.8 Å². The number of halogens is 1. The van der Waals surface area contributed by atoms with E-state index in [2.05, 4.69) is 47.2 Å². The predicted molar refractivity (Wildman–Crippen MR) is 75.6 cm³/mol. The zero-order chi connectivity index (χ0) is 12.3. The lowest BCUT2D eigenvalue weighted by atomic mass is 10.00. The zero-order valence-electron chi connectivity index (χ0n) is 10.6. The lowest BCUT2D eigenvalue weighted by Gasteiger charge is -2.23. The Hall–Kier alpha value is -0.540. The third-order valence-electron chi connectivity index (χ3n) is 3.34. The second-order valence-corrected chi connectivity index (χ2v) is 5.73. The number of hydrogen-bond acceptors (Lipinski definition) is 2. The molecule has 1 saturated heterocycles. The highest BCUT2D eigenvalue weighted by molar-refractivity contribution is 9.10. The maximum Gasteiger partial charge on any atom is 0.0514 e. The lowest BCUT2D eigenvalue weighted by molar-refractivity contribution is 0.0699.